The lowest BCUT2D eigenvalue weighted by Gasteiger charge is -2.13. The molecular formula is C10H20F3NO. The molecule has 0 aromatic heterocycles. The van der Waals surface area contributed by atoms with Gasteiger partial charge in [0.2, 0.25) is 0 Å². The molecule has 0 fully saturated rings. The normalized spacial score (nSPS) is 14.2. The van der Waals surface area contributed by atoms with Crippen LogP contribution in [0.2, 0.25) is 0 Å². The first-order chi connectivity index (χ1) is 6.95. The van der Waals surface area contributed by atoms with Gasteiger partial charge in [0, 0.05) is 12.6 Å². The Morgan fingerprint density at radius 3 is 2.47 bits per heavy atom. The van der Waals surface area contributed by atoms with E-state index in [1.807, 2.05) is 6.92 Å². The first-order valence-electron chi connectivity index (χ1n) is 5.33. The van der Waals surface area contributed by atoms with Crippen molar-refractivity contribution in [2.24, 2.45) is 0 Å². The highest BCUT2D eigenvalue weighted by atomic mass is 19.4. The van der Waals surface area contributed by atoms with Crippen LogP contribution in [-0.4, -0.2) is 32.0 Å². The second kappa shape index (κ2) is 7.93. The van der Waals surface area contributed by atoms with Crippen LogP contribution in [0.1, 0.15) is 33.1 Å². The molecule has 0 aliphatic rings. The molecule has 1 atom stereocenters. The van der Waals surface area contributed by atoms with Crippen LogP contribution in [0.5, 0.6) is 0 Å². The van der Waals surface area contributed by atoms with Crippen molar-refractivity contribution in [3.05, 3.63) is 0 Å². The summed E-state index contributed by atoms with van der Waals surface area (Å²) in [6.45, 7) is 5.16. The third-order valence-corrected chi connectivity index (χ3v) is 1.97. The molecule has 0 aromatic rings. The minimum atomic E-state index is -4.11. The highest BCUT2D eigenvalue weighted by Crippen LogP contribution is 2.18. The third kappa shape index (κ3) is 11.6. The summed E-state index contributed by atoms with van der Waals surface area (Å²) in [5, 5.41) is 3.24. The van der Waals surface area contributed by atoms with E-state index in [4.69, 9.17) is 4.74 Å². The van der Waals surface area contributed by atoms with Crippen LogP contribution >= 0.6 is 0 Å². The number of halogens is 3. The minimum absolute atomic E-state index is 0.232. The Balaban J connectivity index is 3.23. The lowest BCUT2D eigenvalue weighted by Crippen LogP contribution is -2.28. The molecule has 1 unspecified atom stereocenters. The first kappa shape index (κ1) is 14.7. The van der Waals surface area contributed by atoms with Gasteiger partial charge < -0.3 is 10.1 Å². The second-order valence-electron chi connectivity index (χ2n) is 3.62. The predicted octanol–water partition coefficient (Wildman–Crippen LogP) is 2.73. The quantitative estimate of drug-likeness (QED) is 0.644. The van der Waals surface area contributed by atoms with Crippen LogP contribution in [-0.2, 0) is 4.74 Å². The van der Waals surface area contributed by atoms with Crippen molar-refractivity contribution in [1.29, 1.82) is 0 Å². The van der Waals surface area contributed by atoms with E-state index in [-0.39, 0.29) is 6.61 Å². The minimum Gasteiger partial charge on any atom is -0.381 e. The molecule has 0 amide bonds. The maximum atomic E-state index is 11.7. The van der Waals surface area contributed by atoms with E-state index in [0.717, 1.165) is 19.4 Å². The van der Waals surface area contributed by atoms with Crippen LogP contribution < -0.4 is 5.32 Å². The van der Waals surface area contributed by atoms with Crippen molar-refractivity contribution in [3.8, 4) is 0 Å². The average molecular weight is 227 g/mol. The van der Waals surface area contributed by atoms with E-state index in [1.165, 1.54) is 0 Å². The summed E-state index contributed by atoms with van der Waals surface area (Å²) in [6.07, 6.45) is -3.16. The van der Waals surface area contributed by atoms with Crippen LogP contribution in [0.3, 0.4) is 0 Å². The van der Waals surface area contributed by atoms with E-state index >= 15 is 0 Å². The summed E-state index contributed by atoms with van der Waals surface area (Å²) in [5.41, 5.74) is 0. The van der Waals surface area contributed by atoms with E-state index in [1.54, 1.807) is 0 Å². The Morgan fingerprint density at radius 1 is 1.27 bits per heavy atom. The van der Waals surface area contributed by atoms with Gasteiger partial charge in [-0.25, -0.2) is 0 Å². The van der Waals surface area contributed by atoms with Crippen molar-refractivity contribution in [2.45, 2.75) is 45.3 Å². The molecule has 0 spiro atoms. The van der Waals surface area contributed by atoms with Crippen molar-refractivity contribution >= 4 is 0 Å². The van der Waals surface area contributed by atoms with Crippen molar-refractivity contribution in [1.82, 2.24) is 5.32 Å². The summed E-state index contributed by atoms with van der Waals surface area (Å²) >= 11 is 0. The number of hydrogen-bond donors (Lipinski definition) is 1. The molecule has 5 heteroatoms. The van der Waals surface area contributed by atoms with Crippen LogP contribution in [0.25, 0.3) is 0 Å². The number of hydrogen-bond acceptors (Lipinski definition) is 2. The Morgan fingerprint density at radius 2 is 1.93 bits per heavy atom. The molecule has 0 aliphatic heterocycles. The molecule has 0 saturated heterocycles. The first-order valence-corrected chi connectivity index (χ1v) is 5.33. The van der Waals surface area contributed by atoms with Gasteiger partial charge in [-0.3, -0.25) is 0 Å². The third-order valence-electron chi connectivity index (χ3n) is 1.97. The number of rotatable bonds is 8. The molecule has 0 rings (SSSR count). The Kier molecular flexibility index (Phi) is 7.78. The maximum Gasteiger partial charge on any atom is 0.391 e. The highest BCUT2D eigenvalue weighted by molar-refractivity contribution is 4.59. The van der Waals surface area contributed by atoms with E-state index in [9.17, 15) is 13.2 Å². The van der Waals surface area contributed by atoms with Crippen LogP contribution in [0.4, 0.5) is 13.2 Å². The summed E-state index contributed by atoms with van der Waals surface area (Å²) in [5.74, 6) is 0. The molecule has 0 aliphatic carbocycles. The Hall–Kier alpha value is -0.290. The molecule has 92 valence electrons. The van der Waals surface area contributed by atoms with Gasteiger partial charge in [-0.15, -0.1) is 0 Å². The van der Waals surface area contributed by atoms with Gasteiger partial charge in [-0.05, 0) is 26.3 Å². The predicted molar refractivity (Wildman–Crippen MR) is 53.9 cm³/mol. The van der Waals surface area contributed by atoms with Gasteiger partial charge in [-0.1, -0.05) is 6.92 Å². The maximum absolute atomic E-state index is 11.7. The van der Waals surface area contributed by atoms with Crippen molar-refractivity contribution in [3.63, 3.8) is 0 Å². The second-order valence-corrected chi connectivity index (χ2v) is 3.62. The number of alkyl halides is 3. The van der Waals surface area contributed by atoms with Gasteiger partial charge >= 0.3 is 6.18 Å². The molecular weight excluding hydrogens is 207 g/mol. The lowest BCUT2D eigenvalue weighted by molar-refractivity contribution is -0.145. The average Bonchev–Trinajstić information content (AvgIpc) is 2.12. The number of ether oxygens (including phenoxy) is 1. The molecule has 0 bridgehead atoms. The van der Waals surface area contributed by atoms with Crippen molar-refractivity contribution in [2.75, 3.05) is 19.8 Å². The van der Waals surface area contributed by atoms with Gasteiger partial charge in [0.1, 0.15) is 0 Å². The fourth-order valence-corrected chi connectivity index (χ4v) is 1.04. The Labute approximate surface area is 89.2 Å². The molecule has 0 aromatic carbocycles. The topological polar surface area (TPSA) is 21.3 Å². The molecule has 0 radical (unpaired) electrons. The summed E-state index contributed by atoms with van der Waals surface area (Å²) < 4.78 is 40.0. The zero-order valence-corrected chi connectivity index (χ0v) is 9.36. The van der Waals surface area contributed by atoms with Gasteiger partial charge in [0.25, 0.3) is 0 Å². The largest absolute Gasteiger partial charge is 0.391 e. The van der Waals surface area contributed by atoms with Crippen LogP contribution in [0, 0.1) is 0 Å². The van der Waals surface area contributed by atoms with E-state index in [2.05, 4.69) is 12.2 Å². The van der Waals surface area contributed by atoms with Gasteiger partial charge in [-0.2, -0.15) is 13.2 Å². The van der Waals surface area contributed by atoms with Crippen molar-refractivity contribution < 1.29 is 17.9 Å². The molecule has 1 N–H and O–H groups in total. The summed E-state index contributed by atoms with van der Waals surface area (Å²) in [7, 11) is 0. The molecule has 0 heterocycles. The van der Waals surface area contributed by atoms with E-state index in [0.29, 0.717) is 12.6 Å². The fraction of sp³-hybridized carbons (Fsp3) is 1.00. The monoisotopic (exact) mass is 227 g/mol. The zero-order chi connectivity index (χ0) is 11.7. The molecule has 0 saturated carbocycles. The summed E-state index contributed by atoms with van der Waals surface area (Å²) in [6, 6.07) is 0.302. The Bertz CT molecular complexity index is 150. The summed E-state index contributed by atoms with van der Waals surface area (Å²) in [4.78, 5) is 0. The zero-order valence-electron chi connectivity index (χ0n) is 9.36. The molecule has 2 nitrogen and oxygen atoms in total. The van der Waals surface area contributed by atoms with Gasteiger partial charge in [0.15, 0.2) is 0 Å². The van der Waals surface area contributed by atoms with Crippen LogP contribution in [0.15, 0.2) is 0 Å². The van der Waals surface area contributed by atoms with E-state index < -0.39 is 12.6 Å². The standard InChI is InChI=1S/C10H20F3NO/c1-3-6-14-9(2)4-7-15-8-5-10(11,12)13/h9,14H,3-8H2,1-2H3. The SMILES string of the molecule is CCCNC(C)CCOCCC(F)(F)F. The smallest absolute Gasteiger partial charge is 0.381 e. The highest BCUT2D eigenvalue weighted by Gasteiger charge is 2.26. The number of nitrogens with one attached hydrogen (secondary N) is 1. The fourth-order valence-electron chi connectivity index (χ4n) is 1.04. The molecule has 15 heavy (non-hydrogen) atoms. The lowest BCUT2D eigenvalue weighted by atomic mass is 10.2. The van der Waals surface area contributed by atoms with Gasteiger partial charge in [0.05, 0.1) is 13.0 Å².